The molecule has 2 heterocycles. The number of benzene rings is 2. The van der Waals surface area contributed by atoms with Crippen LogP contribution in [0.5, 0.6) is 11.5 Å². The highest BCUT2D eigenvalue weighted by atomic mass is 31.2. The van der Waals surface area contributed by atoms with E-state index in [9.17, 15) is 0 Å². The van der Waals surface area contributed by atoms with Gasteiger partial charge in [-0.15, -0.1) is 0 Å². The summed E-state index contributed by atoms with van der Waals surface area (Å²) in [6, 6.07) is 12.3. The molecule has 0 amide bonds. The van der Waals surface area contributed by atoms with E-state index in [-0.39, 0.29) is 12.2 Å². The zero-order valence-electron chi connectivity index (χ0n) is 15.6. The molecule has 0 aromatic heterocycles. The van der Waals surface area contributed by atoms with E-state index in [4.69, 9.17) is 18.5 Å². The van der Waals surface area contributed by atoms with Crippen molar-refractivity contribution in [1.29, 1.82) is 0 Å². The fraction of sp³-hybridized carbons (Fsp3) is 0.400. The van der Waals surface area contributed by atoms with Gasteiger partial charge in [-0.2, -0.15) is 0 Å². The zero-order valence-corrected chi connectivity index (χ0v) is 16.5. The Morgan fingerprint density at radius 2 is 1.73 bits per heavy atom. The van der Waals surface area contributed by atoms with E-state index < -0.39 is 8.53 Å². The maximum absolute atomic E-state index is 6.49. The lowest BCUT2D eigenvalue weighted by molar-refractivity contribution is 0.0286. The van der Waals surface area contributed by atoms with Gasteiger partial charge in [-0.1, -0.05) is 31.2 Å². The highest BCUT2D eigenvalue weighted by Gasteiger charge is 2.40. The summed E-state index contributed by atoms with van der Waals surface area (Å²) in [4.78, 5) is 0. The predicted molar refractivity (Wildman–Crippen MR) is 101 cm³/mol. The summed E-state index contributed by atoms with van der Waals surface area (Å²) < 4.78 is 26.5. The van der Waals surface area contributed by atoms with E-state index in [1.807, 2.05) is 43.0 Å². The third-order valence-corrected chi connectivity index (χ3v) is 6.14. The predicted octanol–water partition coefficient (Wildman–Crippen LogP) is 4.96. The molecule has 2 aromatic carbocycles. The molecule has 0 aliphatic carbocycles. The number of rotatable bonds is 4. The number of methoxy groups -OCH3 is 1. The van der Waals surface area contributed by atoms with Crippen LogP contribution in [0.4, 0.5) is 0 Å². The molecule has 138 valence electrons. The third kappa shape index (κ3) is 2.89. The van der Waals surface area contributed by atoms with Gasteiger partial charge in [0.05, 0.1) is 12.7 Å². The van der Waals surface area contributed by atoms with Crippen LogP contribution >= 0.6 is 8.53 Å². The minimum absolute atomic E-state index is 0.0608. The SMILES string of the molecule is CC[C@@H]1O[C@@H]2c3c(COC)cccc3OP(N(C)C)Oc3cccc1c32. The van der Waals surface area contributed by atoms with E-state index in [1.54, 1.807) is 7.11 Å². The molecular formula is C20H24NO4P. The highest BCUT2D eigenvalue weighted by Crippen LogP contribution is 2.56. The molecule has 0 bridgehead atoms. The van der Waals surface area contributed by atoms with Gasteiger partial charge in [-0.3, -0.25) is 0 Å². The van der Waals surface area contributed by atoms with E-state index in [0.717, 1.165) is 34.6 Å². The van der Waals surface area contributed by atoms with Gasteiger partial charge in [0.1, 0.15) is 17.6 Å². The average molecular weight is 373 g/mol. The van der Waals surface area contributed by atoms with Gasteiger partial charge in [-0.05, 0) is 43.8 Å². The normalized spacial score (nSPS) is 23.5. The molecule has 6 heteroatoms. The van der Waals surface area contributed by atoms with Gasteiger partial charge in [-0.25, -0.2) is 4.67 Å². The maximum atomic E-state index is 6.49. The first-order valence-electron chi connectivity index (χ1n) is 8.86. The Labute approximate surface area is 155 Å². The smallest absolute Gasteiger partial charge is 0.384 e. The summed E-state index contributed by atoms with van der Waals surface area (Å²) in [6.07, 6.45) is 0.774. The van der Waals surface area contributed by atoms with Crippen molar-refractivity contribution in [2.24, 2.45) is 0 Å². The Morgan fingerprint density at radius 1 is 1.04 bits per heavy atom. The standard InChI is InChI=1S/C20H24NO4P/c1-5-15-14-9-7-11-17-19(14)20(23-15)18-13(12-22-4)8-6-10-16(18)24-26(25-17)21(2)3/h6-11,15,20H,5,12H2,1-4H3/t15-,20+,26?/m0/s1. The first kappa shape index (κ1) is 17.7. The fourth-order valence-electron chi connectivity index (χ4n) is 3.63. The van der Waals surface area contributed by atoms with Crippen LogP contribution in [-0.2, 0) is 16.1 Å². The molecule has 2 aliphatic heterocycles. The Kier molecular flexibility index (Phi) is 4.89. The van der Waals surface area contributed by atoms with Crippen LogP contribution in [0.2, 0.25) is 0 Å². The first-order valence-corrected chi connectivity index (χ1v) is 9.99. The molecule has 2 aliphatic rings. The van der Waals surface area contributed by atoms with Crippen molar-refractivity contribution in [2.45, 2.75) is 32.2 Å². The van der Waals surface area contributed by atoms with Crippen molar-refractivity contribution in [3.05, 3.63) is 58.7 Å². The molecule has 0 spiro atoms. The molecule has 3 atom stereocenters. The second kappa shape index (κ2) is 7.16. The second-order valence-electron chi connectivity index (χ2n) is 6.70. The molecule has 2 aromatic rings. The summed E-state index contributed by atoms with van der Waals surface area (Å²) in [5, 5.41) is 0. The van der Waals surface area contributed by atoms with Crippen LogP contribution in [0.1, 0.15) is 47.8 Å². The summed E-state index contributed by atoms with van der Waals surface area (Å²) >= 11 is 0. The Hall–Kier alpha value is -1.65. The van der Waals surface area contributed by atoms with Crippen molar-refractivity contribution in [2.75, 3.05) is 21.2 Å². The summed E-state index contributed by atoms with van der Waals surface area (Å²) in [7, 11) is 4.40. The van der Waals surface area contributed by atoms with Gasteiger partial charge < -0.3 is 18.5 Å². The lowest BCUT2D eigenvalue weighted by Crippen LogP contribution is -2.17. The lowest BCUT2D eigenvalue weighted by atomic mass is 9.93. The van der Waals surface area contributed by atoms with E-state index >= 15 is 0 Å². The fourth-order valence-corrected chi connectivity index (χ4v) is 4.65. The van der Waals surface area contributed by atoms with Gasteiger partial charge >= 0.3 is 8.53 Å². The number of hydrogen-bond acceptors (Lipinski definition) is 5. The van der Waals surface area contributed by atoms with Crippen molar-refractivity contribution in [3.8, 4) is 11.5 Å². The van der Waals surface area contributed by atoms with Crippen molar-refractivity contribution >= 4 is 8.53 Å². The van der Waals surface area contributed by atoms with Gasteiger partial charge in [0.15, 0.2) is 0 Å². The topological polar surface area (TPSA) is 40.2 Å². The third-order valence-electron chi connectivity index (χ3n) is 4.78. The van der Waals surface area contributed by atoms with Crippen LogP contribution in [0.15, 0.2) is 36.4 Å². The molecule has 4 rings (SSSR count). The summed E-state index contributed by atoms with van der Waals surface area (Å²) in [6.45, 7) is 2.66. The number of hydrogen-bond donors (Lipinski definition) is 0. The van der Waals surface area contributed by atoms with Crippen LogP contribution < -0.4 is 9.05 Å². The van der Waals surface area contributed by atoms with Gasteiger partial charge in [0, 0.05) is 18.2 Å². The number of fused-ring (bicyclic) bond motifs is 2. The molecule has 1 unspecified atom stereocenters. The lowest BCUT2D eigenvalue weighted by Gasteiger charge is -2.30. The van der Waals surface area contributed by atoms with Crippen molar-refractivity contribution in [1.82, 2.24) is 4.67 Å². The van der Waals surface area contributed by atoms with E-state index in [0.29, 0.717) is 6.61 Å². The molecule has 0 saturated heterocycles. The van der Waals surface area contributed by atoms with E-state index in [1.165, 1.54) is 5.56 Å². The Bertz CT molecular complexity index is 810. The second-order valence-corrected chi connectivity index (χ2v) is 8.34. The highest BCUT2D eigenvalue weighted by molar-refractivity contribution is 7.45. The Balaban J connectivity index is 1.95. The van der Waals surface area contributed by atoms with Crippen molar-refractivity contribution in [3.63, 3.8) is 0 Å². The zero-order chi connectivity index (χ0) is 18.3. The van der Waals surface area contributed by atoms with Crippen LogP contribution in [0, 0.1) is 0 Å². The van der Waals surface area contributed by atoms with E-state index in [2.05, 4.69) is 19.1 Å². The average Bonchev–Trinajstić information content (AvgIpc) is 2.99. The van der Waals surface area contributed by atoms with Crippen LogP contribution in [-0.4, -0.2) is 25.9 Å². The number of nitrogens with zero attached hydrogens (tertiary/aromatic N) is 1. The minimum Gasteiger partial charge on any atom is -0.427 e. The summed E-state index contributed by atoms with van der Waals surface area (Å²) in [5.41, 5.74) is 4.48. The molecule has 0 N–H and O–H groups in total. The van der Waals surface area contributed by atoms with Crippen LogP contribution in [0.3, 0.4) is 0 Å². The quantitative estimate of drug-likeness (QED) is 0.708. The molecule has 0 radical (unpaired) electrons. The monoisotopic (exact) mass is 373 g/mol. The summed E-state index contributed by atoms with van der Waals surface area (Å²) in [5.74, 6) is 1.66. The molecule has 0 fully saturated rings. The molecule has 0 saturated carbocycles. The maximum Gasteiger partial charge on any atom is 0.384 e. The van der Waals surface area contributed by atoms with Gasteiger partial charge in [0.2, 0.25) is 0 Å². The first-order chi connectivity index (χ1) is 12.6. The number of ether oxygens (including phenoxy) is 2. The van der Waals surface area contributed by atoms with Crippen LogP contribution in [0.25, 0.3) is 0 Å². The molecular weight excluding hydrogens is 349 g/mol. The van der Waals surface area contributed by atoms with Crippen molar-refractivity contribution < 1.29 is 18.5 Å². The largest absolute Gasteiger partial charge is 0.427 e. The minimum atomic E-state index is -1.25. The van der Waals surface area contributed by atoms with Gasteiger partial charge in [0.25, 0.3) is 0 Å². The Morgan fingerprint density at radius 3 is 2.38 bits per heavy atom. The molecule has 26 heavy (non-hydrogen) atoms. The molecule has 5 nitrogen and oxygen atoms in total.